The van der Waals surface area contributed by atoms with Crippen molar-refractivity contribution >= 4 is 11.6 Å². The van der Waals surface area contributed by atoms with Gasteiger partial charge in [0.25, 0.3) is 0 Å². The summed E-state index contributed by atoms with van der Waals surface area (Å²) >= 11 is 6.18. The van der Waals surface area contributed by atoms with E-state index >= 15 is 0 Å². The average Bonchev–Trinajstić information content (AvgIpc) is 2.83. The molecule has 1 N–H and O–H groups in total. The van der Waals surface area contributed by atoms with E-state index in [1.807, 2.05) is 12.1 Å². The van der Waals surface area contributed by atoms with Crippen LogP contribution in [0.1, 0.15) is 51.5 Å². The van der Waals surface area contributed by atoms with Crippen molar-refractivity contribution in [3.05, 3.63) is 28.8 Å². The highest BCUT2D eigenvalue weighted by molar-refractivity contribution is 6.30. The molecular formula is C17H26ClNO. The Balaban J connectivity index is 2.16. The van der Waals surface area contributed by atoms with E-state index in [2.05, 4.69) is 32.2 Å². The molecule has 1 aromatic rings. The zero-order valence-corrected chi connectivity index (χ0v) is 13.8. The van der Waals surface area contributed by atoms with Gasteiger partial charge in [0.15, 0.2) is 0 Å². The molecule has 1 fully saturated rings. The first-order valence-electron chi connectivity index (χ1n) is 7.49. The summed E-state index contributed by atoms with van der Waals surface area (Å²) in [4.78, 5) is 0. The molecule has 0 bridgehead atoms. The molecule has 2 unspecified atom stereocenters. The van der Waals surface area contributed by atoms with Crippen molar-refractivity contribution < 1.29 is 4.74 Å². The van der Waals surface area contributed by atoms with Crippen molar-refractivity contribution in [3.8, 4) is 5.75 Å². The van der Waals surface area contributed by atoms with E-state index in [1.165, 1.54) is 24.8 Å². The molecule has 0 amide bonds. The molecule has 0 heterocycles. The topological polar surface area (TPSA) is 21.3 Å². The molecule has 0 radical (unpaired) electrons. The molecule has 1 saturated carbocycles. The molecule has 20 heavy (non-hydrogen) atoms. The fraction of sp³-hybridized carbons (Fsp3) is 0.647. The van der Waals surface area contributed by atoms with Gasteiger partial charge in [0, 0.05) is 10.6 Å². The van der Waals surface area contributed by atoms with E-state index in [0.29, 0.717) is 11.8 Å². The van der Waals surface area contributed by atoms with Gasteiger partial charge in [0.1, 0.15) is 5.75 Å². The van der Waals surface area contributed by atoms with Crippen LogP contribution in [-0.4, -0.2) is 19.2 Å². The maximum Gasteiger partial charge on any atom is 0.122 e. The van der Waals surface area contributed by atoms with Gasteiger partial charge in [0.05, 0.1) is 7.11 Å². The van der Waals surface area contributed by atoms with E-state index in [-0.39, 0.29) is 5.54 Å². The van der Waals surface area contributed by atoms with E-state index < -0.39 is 0 Å². The van der Waals surface area contributed by atoms with Gasteiger partial charge < -0.3 is 10.1 Å². The Morgan fingerprint density at radius 3 is 2.70 bits per heavy atom. The van der Waals surface area contributed by atoms with E-state index in [9.17, 15) is 0 Å². The smallest absolute Gasteiger partial charge is 0.122 e. The highest BCUT2D eigenvalue weighted by Crippen LogP contribution is 2.43. The van der Waals surface area contributed by atoms with Gasteiger partial charge in [-0.3, -0.25) is 0 Å². The van der Waals surface area contributed by atoms with Gasteiger partial charge in [0.2, 0.25) is 0 Å². The molecule has 1 aromatic carbocycles. The Bertz CT molecular complexity index is 453. The quantitative estimate of drug-likeness (QED) is 0.875. The first kappa shape index (κ1) is 15.7. The van der Waals surface area contributed by atoms with Crippen molar-refractivity contribution in [2.45, 2.75) is 51.5 Å². The predicted octanol–water partition coefficient (Wildman–Crippen LogP) is 4.62. The lowest BCUT2D eigenvalue weighted by atomic mass is 9.87. The van der Waals surface area contributed by atoms with Crippen LogP contribution in [0.3, 0.4) is 0 Å². The first-order chi connectivity index (χ1) is 9.40. The summed E-state index contributed by atoms with van der Waals surface area (Å²) in [5.41, 5.74) is 1.45. The molecule has 1 aliphatic carbocycles. The fourth-order valence-electron chi connectivity index (χ4n) is 3.12. The summed E-state index contributed by atoms with van der Waals surface area (Å²) < 4.78 is 5.53. The minimum atomic E-state index is 0.172. The fourth-order valence-corrected chi connectivity index (χ4v) is 3.30. The summed E-state index contributed by atoms with van der Waals surface area (Å²) in [5, 5.41) is 4.44. The molecule has 1 aliphatic rings. The Hall–Kier alpha value is -0.730. The second-order valence-electron chi connectivity index (χ2n) is 6.81. The zero-order chi connectivity index (χ0) is 14.8. The standard InChI is InChI=1S/C17H26ClNO/c1-17(2,3)19-11-12-6-5-7-14(12)15-10-13(18)8-9-16(15)20-4/h8-10,12,14,19H,5-7,11H2,1-4H3. The molecule has 3 heteroatoms. The van der Waals surface area contributed by atoms with Crippen LogP contribution in [0.25, 0.3) is 0 Å². The summed E-state index contributed by atoms with van der Waals surface area (Å²) in [6.45, 7) is 7.72. The lowest BCUT2D eigenvalue weighted by molar-refractivity contribution is 0.349. The Morgan fingerprint density at radius 2 is 2.05 bits per heavy atom. The monoisotopic (exact) mass is 295 g/mol. The van der Waals surface area contributed by atoms with Crippen LogP contribution in [-0.2, 0) is 0 Å². The van der Waals surface area contributed by atoms with Crippen molar-refractivity contribution in [3.63, 3.8) is 0 Å². The summed E-state index contributed by atoms with van der Waals surface area (Å²) in [6.07, 6.45) is 3.80. The van der Waals surface area contributed by atoms with Crippen molar-refractivity contribution in [2.75, 3.05) is 13.7 Å². The summed E-state index contributed by atoms with van der Waals surface area (Å²) in [5.74, 6) is 2.20. The molecule has 2 atom stereocenters. The lowest BCUT2D eigenvalue weighted by Crippen LogP contribution is -2.39. The van der Waals surface area contributed by atoms with Crippen molar-refractivity contribution in [2.24, 2.45) is 5.92 Å². The third kappa shape index (κ3) is 3.89. The van der Waals surface area contributed by atoms with Crippen LogP contribution < -0.4 is 10.1 Å². The second-order valence-corrected chi connectivity index (χ2v) is 7.25. The van der Waals surface area contributed by atoms with Crippen molar-refractivity contribution in [1.29, 1.82) is 0 Å². The van der Waals surface area contributed by atoms with Crippen LogP contribution >= 0.6 is 11.6 Å². The maximum atomic E-state index is 6.18. The summed E-state index contributed by atoms with van der Waals surface area (Å²) in [7, 11) is 1.74. The number of rotatable bonds is 4. The maximum absolute atomic E-state index is 6.18. The van der Waals surface area contributed by atoms with Crippen LogP contribution in [0.4, 0.5) is 0 Å². The Kier molecular flexibility index (Phi) is 4.98. The third-order valence-corrected chi connectivity index (χ3v) is 4.38. The normalized spacial score (nSPS) is 23.1. The van der Waals surface area contributed by atoms with Gasteiger partial charge in [-0.15, -0.1) is 0 Å². The minimum absolute atomic E-state index is 0.172. The van der Waals surface area contributed by atoms with Gasteiger partial charge in [-0.05, 0) is 75.8 Å². The van der Waals surface area contributed by atoms with Gasteiger partial charge >= 0.3 is 0 Å². The molecule has 0 aliphatic heterocycles. The molecule has 0 saturated heterocycles. The number of ether oxygens (including phenoxy) is 1. The van der Waals surface area contributed by atoms with Crippen LogP contribution in [0.15, 0.2) is 18.2 Å². The van der Waals surface area contributed by atoms with E-state index in [1.54, 1.807) is 7.11 Å². The van der Waals surface area contributed by atoms with E-state index in [4.69, 9.17) is 16.3 Å². The number of hydrogen-bond donors (Lipinski definition) is 1. The van der Waals surface area contributed by atoms with Gasteiger partial charge in [-0.2, -0.15) is 0 Å². The first-order valence-corrected chi connectivity index (χ1v) is 7.87. The third-order valence-electron chi connectivity index (χ3n) is 4.14. The predicted molar refractivity (Wildman–Crippen MR) is 85.8 cm³/mol. The summed E-state index contributed by atoms with van der Waals surface area (Å²) in [6, 6.07) is 5.98. The molecule has 112 valence electrons. The van der Waals surface area contributed by atoms with Crippen molar-refractivity contribution in [1.82, 2.24) is 5.32 Å². The van der Waals surface area contributed by atoms with E-state index in [0.717, 1.165) is 17.3 Å². The zero-order valence-electron chi connectivity index (χ0n) is 13.0. The lowest BCUT2D eigenvalue weighted by Gasteiger charge is -2.27. The van der Waals surface area contributed by atoms with Crippen LogP contribution in [0.2, 0.25) is 5.02 Å². The number of halogens is 1. The second kappa shape index (κ2) is 6.36. The molecule has 0 spiro atoms. The number of methoxy groups -OCH3 is 1. The Labute approximate surface area is 127 Å². The largest absolute Gasteiger partial charge is 0.496 e. The number of hydrogen-bond acceptors (Lipinski definition) is 2. The van der Waals surface area contributed by atoms with Crippen LogP contribution in [0.5, 0.6) is 5.75 Å². The molecule has 2 nitrogen and oxygen atoms in total. The van der Waals surface area contributed by atoms with Gasteiger partial charge in [-0.25, -0.2) is 0 Å². The van der Waals surface area contributed by atoms with Crippen LogP contribution in [0, 0.1) is 5.92 Å². The number of benzene rings is 1. The molecular weight excluding hydrogens is 270 g/mol. The molecule has 0 aromatic heterocycles. The highest BCUT2D eigenvalue weighted by atomic mass is 35.5. The molecule has 2 rings (SSSR count). The van der Waals surface area contributed by atoms with Gasteiger partial charge in [-0.1, -0.05) is 18.0 Å². The number of nitrogens with one attached hydrogen (secondary N) is 1. The minimum Gasteiger partial charge on any atom is -0.496 e. The SMILES string of the molecule is COc1ccc(Cl)cc1C1CCCC1CNC(C)(C)C. The average molecular weight is 296 g/mol. The Morgan fingerprint density at radius 1 is 1.30 bits per heavy atom. The highest BCUT2D eigenvalue weighted by Gasteiger charge is 2.31.